The highest BCUT2D eigenvalue weighted by Crippen LogP contribution is 2.21. The number of nitrogens with zero attached hydrogens (tertiary/aromatic N) is 3. The van der Waals surface area contributed by atoms with Crippen molar-refractivity contribution < 1.29 is 4.74 Å². The third kappa shape index (κ3) is 2.92. The van der Waals surface area contributed by atoms with Crippen molar-refractivity contribution in [1.82, 2.24) is 20.1 Å². The summed E-state index contributed by atoms with van der Waals surface area (Å²) in [4.78, 5) is 16.7. The molecule has 1 aliphatic carbocycles. The Balaban J connectivity index is 1.53. The van der Waals surface area contributed by atoms with Crippen molar-refractivity contribution in [3.05, 3.63) is 57.8 Å². The molecule has 23 heavy (non-hydrogen) atoms. The monoisotopic (exact) mass is 312 g/mol. The van der Waals surface area contributed by atoms with Gasteiger partial charge in [0.2, 0.25) is 0 Å². The zero-order chi connectivity index (χ0) is 15.6. The fraction of sp³-hybridized carbons (Fsp3) is 0.471. The molecule has 2 atom stereocenters. The van der Waals surface area contributed by atoms with Crippen molar-refractivity contribution in [3.8, 4) is 0 Å². The topological polar surface area (TPSA) is 69.0 Å². The molecule has 0 bridgehead atoms. The third-order valence-corrected chi connectivity index (χ3v) is 4.62. The van der Waals surface area contributed by atoms with E-state index in [1.165, 1.54) is 0 Å². The van der Waals surface area contributed by atoms with Crippen LogP contribution in [0.15, 0.2) is 35.3 Å². The number of pyridine rings is 1. The van der Waals surface area contributed by atoms with E-state index in [1.807, 2.05) is 18.2 Å². The van der Waals surface area contributed by atoms with Crippen LogP contribution in [-0.4, -0.2) is 34.0 Å². The number of ether oxygens (including phenoxy) is 1. The van der Waals surface area contributed by atoms with Crippen LogP contribution < -0.4 is 10.9 Å². The van der Waals surface area contributed by atoms with Gasteiger partial charge in [0.15, 0.2) is 0 Å². The molecule has 2 aromatic rings. The Morgan fingerprint density at radius 1 is 1.30 bits per heavy atom. The van der Waals surface area contributed by atoms with Crippen LogP contribution in [-0.2, 0) is 24.1 Å². The van der Waals surface area contributed by atoms with Gasteiger partial charge in [-0.2, -0.15) is 5.10 Å². The fourth-order valence-electron chi connectivity index (χ4n) is 3.37. The third-order valence-electron chi connectivity index (χ3n) is 4.62. The second kappa shape index (κ2) is 6.22. The van der Waals surface area contributed by atoms with Gasteiger partial charge in [0.05, 0.1) is 36.7 Å². The van der Waals surface area contributed by atoms with E-state index in [9.17, 15) is 4.79 Å². The van der Waals surface area contributed by atoms with Crippen molar-refractivity contribution in [2.24, 2.45) is 0 Å². The van der Waals surface area contributed by atoms with Gasteiger partial charge in [0.1, 0.15) is 0 Å². The van der Waals surface area contributed by atoms with E-state index in [0.717, 1.165) is 36.2 Å². The molecule has 2 unspecified atom stereocenters. The van der Waals surface area contributed by atoms with Crippen LogP contribution in [0.5, 0.6) is 0 Å². The maximum Gasteiger partial charge on any atom is 0.267 e. The number of rotatable bonds is 4. The maximum absolute atomic E-state index is 12.4. The average molecular weight is 312 g/mol. The normalized spacial score (nSPS) is 23.1. The molecule has 2 aromatic heterocycles. The summed E-state index contributed by atoms with van der Waals surface area (Å²) in [6.07, 6.45) is 4.82. The van der Waals surface area contributed by atoms with Gasteiger partial charge in [-0.3, -0.25) is 9.78 Å². The minimum atomic E-state index is -0.0582. The molecule has 1 saturated heterocycles. The summed E-state index contributed by atoms with van der Waals surface area (Å²) in [5, 5.41) is 8.06. The zero-order valence-electron chi connectivity index (χ0n) is 12.9. The first-order valence-electron chi connectivity index (χ1n) is 8.14. The lowest BCUT2D eigenvalue weighted by molar-refractivity contribution is 0.180. The molecule has 120 valence electrons. The second-order valence-corrected chi connectivity index (χ2v) is 6.17. The van der Waals surface area contributed by atoms with E-state index < -0.39 is 0 Å². The lowest BCUT2D eigenvalue weighted by Crippen LogP contribution is -2.41. The zero-order valence-corrected chi connectivity index (χ0v) is 12.9. The predicted octanol–water partition coefficient (Wildman–Crippen LogP) is 0.857. The molecule has 3 heterocycles. The Kier molecular flexibility index (Phi) is 3.93. The Morgan fingerprint density at radius 3 is 3.13 bits per heavy atom. The SMILES string of the molecule is O=c1cc2c(nn1C1COCC1NCc1ccccn1)CCC2. The summed E-state index contributed by atoms with van der Waals surface area (Å²) in [5.74, 6) is 0. The van der Waals surface area contributed by atoms with E-state index >= 15 is 0 Å². The minimum Gasteiger partial charge on any atom is -0.377 e. The summed E-state index contributed by atoms with van der Waals surface area (Å²) in [6, 6.07) is 7.62. The van der Waals surface area contributed by atoms with Gasteiger partial charge < -0.3 is 10.1 Å². The molecule has 0 saturated carbocycles. The van der Waals surface area contributed by atoms with Crippen LogP contribution >= 0.6 is 0 Å². The summed E-state index contributed by atoms with van der Waals surface area (Å²) >= 11 is 0. The summed E-state index contributed by atoms with van der Waals surface area (Å²) in [7, 11) is 0. The van der Waals surface area contributed by atoms with Gasteiger partial charge in [0.25, 0.3) is 5.56 Å². The van der Waals surface area contributed by atoms with Gasteiger partial charge in [-0.15, -0.1) is 0 Å². The van der Waals surface area contributed by atoms with Crippen LogP contribution in [0, 0.1) is 0 Å². The number of hydrogen-bond acceptors (Lipinski definition) is 5. The molecule has 6 heteroatoms. The molecule has 0 aromatic carbocycles. The molecule has 1 aliphatic heterocycles. The van der Waals surface area contributed by atoms with Gasteiger partial charge in [0, 0.05) is 18.8 Å². The first-order chi connectivity index (χ1) is 11.3. The number of hydrogen-bond donors (Lipinski definition) is 1. The van der Waals surface area contributed by atoms with Crippen molar-refractivity contribution in [2.75, 3.05) is 13.2 Å². The highest BCUT2D eigenvalue weighted by molar-refractivity contribution is 5.22. The molecule has 4 rings (SSSR count). The molecule has 0 spiro atoms. The highest BCUT2D eigenvalue weighted by atomic mass is 16.5. The Hall–Kier alpha value is -2.05. The molecule has 2 aliphatic rings. The summed E-state index contributed by atoms with van der Waals surface area (Å²) < 4.78 is 7.22. The van der Waals surface area contributed by atoms with Crippen LogP contribution in [0.4, 0.5) is 0 Å². The second-order valence-electron chi connectivity index (χ2n) is 6.17. The molecule has 6 nitrogen and oxygen atoms in total. The standard InChI is InChI=1S/C17H20N4O2/c22-17-8-12-4-3-6-14(12)20-21(17)16-11-23-10-15(16)19-9-13-5-1-2-7-18-13/h1-2,5,7-8,15-16,19H,3-4,6,9-11H2. The number of nitrogens with one attached hydrogen (secondary N) is 1. The van der Waals surface area contributed by atoms with E-state index in [-0.39, 0.29) is 17.6 Å². The molecule has 1 N–H and O–H groups in total. The largest absolute Gasteiger partial charge is 0.377 e. The summed E-state index contributed by atoms with van der Waals surface area (Å²) in [6.45, 7) is 1.76. The first-order valence-corrected chi connectivity index (χ1v) is 8.14. The van der Waals surface area contributed by atoms with E-state index in [4.69, 9.17) is 4.74 Å². The molecule has 0 amide bonds. The van der Waals surface area contributed by atoms with Crippen molar-refractivity contribution in [2.45, 2.75) is 37.9 Å². The molecular formula is C17H20N4O2. The van der Waals surface area contributed by atoms with Gasteiger partial charge in [-0.1, -0.05) is 6.07 Å². The van der Waals surface area contributed by atoms with E-state index in [1.54, 1.807) is 16.9 Å². The van der Waals surface area contributed by atoms with Crippen molar-refractivity contribution >= 4 is 0 Å². The smallest absolute Gasteiger partial charge is 0.267 e. The van der Waals surface area contributed by atoms with Gasteiger partial charge in [-0.25, -0.2) is 4.68 Å². The fourth-order valence-corrected chi connectivity index (χ4v) is 3.37. The number of aromatic nitrogens is 3. The highest BCUT2D eigenvalue weighted by Gasteiger charge is 2.31. The summed E-state index contributed by atoms with van der Waals surface area (Å²) in [5.41, 5.74) is 3.14. The van der Waals surface area contributed by atoms with Gasteiger partial charge >= 0.3 is 0 Å². The van der Waals surface area contributed by atoms with Crippen LogP contribution in [0.25, 0.3) is 0 Å². The van der Waals surface area contributed by atoms with Crippen molar-refractivity contribution in [1.29, 1.82) is 0 Å². The number of aryl methyl sites for hydroxylation is 2. The van der Waals surface area contributed by atoms with E-state index in [0.29, 0.717) is 19.8 Å². The maximum atomic E-state index is 12.4. The quantitative estimate of drug-likeness (QED) is 0.907. The van der Waals surface area contributed by atoms with Crippen LogP contribution in [0.2, 0.25) is 0 Å². The molecule has 0 radical (unpaired) electrons. The van der Waals surface area contributed by atoms with Crippen LogP contribution in [0.3, 0.4) is 0 Å². The predicted molar refractivity (Wildman–Crippen MR) is 85.2 cm³/mol. The Labute approximate surface area is 134 Å². The molecular weight excluding hydrogens is 292 g/mol. The minimum absolute atomic E-state index is 0.0224. The number of fused-ring (bicyclic) bond motifs is 1. The average Bonchev–Trinajstić information content (AvgIpc) is 3.21. The van der Waals surface area contributed by atoms with E-state index in [2.05, 4.69) is 15.4 Å². The lowest BCUT2D eigenvalue weighted by atomic mass is 10.1. The lowest BCUT2D eigenvalue weighted by Gasteiger charge is -2.20. The van der Waals surface area contributed by atoms with Crippen molar-refractivity contribution in [3.63, 3.8) is 0 Å². The molecule has 1 fully saturated rings. The Morgan fingerprint density at radius 2 is 2.26 bits per heavy atom. The van der Waals surface area contributed by atoms with Gasteiger partial charge in [-0.05, 0) is 37.0 Å². The first kappa shape index (κ1) is 14.5. The van der Waals surface area contributed by atoms with Crippen LogP contribution in [0.1, 0.15) is 29.4 Å². The Bertz CT molecular complexity index is 744.